The van der Waals surface area contributed by atoms with Crippen LogP contribution in [0.1, 0.15) is 11.3 Å². The van der Waals surface area contributed by atoms with E-state index in [1.54, 1.807) is 35.7 Å². The Labute approximate surface area is 187 Å². The summed E-state index contributed by atoms with van der Waals surface area (Å²) < 4.78 is 41.5. The van der Waals surface area contributed by atoms with Gasteiger partial charge in [-0.3, -0.25) is 14.5 Å². The van der Waals surface area contributed by atoms with Gasteiger partial charge < -0.3 is 0 Å². The molecule has 0 atom stereocenters. The number of benzene rings is 1. The van der Waals surface area contributed by atoms with Crippen LogP contribution in [0.4, 0.5) is 10.1 Å². The van der Waals surface area contributed by atoms with E-state index in [2.05, 4.69) is 15.1 Å². The number of aryl methyl sites for hydroxylation is 1. The highest BCUT2D eigenvalue weighted by Crippen LogP contribution is 2.24. The number of nitro groups is 1. The summed E-state index contributed by atoms with van der Waals surface area (Å²) in [5.41, 5.74) is 2.54. The van der Waals surface area contributed by atoms with E-state index >= 15 is 0 Å². The standard InChI is InChI=1S/C21H17FN6O4S/c1-14-3-6-17(28(29)30)9-19(14)33(31,32)26(2)25-12-18-11-24-21-8-5-16(13-27(18)21)15-4-7-20(22)23-10-15/h3-13H,1-2H3. The van der Waals surface area contributed by atoms with E-state index in [4.69, 9.17) is 0 Å². The van der Waals surface area contributed by atoms with Gasteiger partial charge in [-0.25, -0.2) is 9.97 Å². The number of non-ortho nitro benzene ring substituents is 1. The fourth-order valence-electron chi connectivity index (χ4n) is 3.14. The van der Waals surface area contributed by atoms with Gasteiger partial charge in [0, 0.05) is 42.7 Å². The lowest BCUT2D eigenvalue weighted by molar-refractivity contribution is -0.385. The van der Waals surface area contributed by atoms with Crippen molar-refractivity contribution in [2.45, 2.75) is 11.8 Å². The molecule has 4 rings (SSSR count). The fourth-order valence-corrected chi connectivity index (χ4v) is 4.34. The first-order chi connectivity index (χ1) is 15.7. The predicted octanol–water partition coefficient (Wildman–Crippen LogP) is 3.41. The van der Waals surface area contributed by atoms with Crippen molar-refractivity contribution in [3.63, 3.8) is 0 Å². The highest BCUT2D eigenvalue weighted by Gasteiger charge is 2.24. The number of halogens is 1. The Kier molecular flexibility index (Phi) is 5.60. The second kappa shape index (κ2) is 8.39. The van der Waals surface area contributed by atoms with E-state index in [0.29, 0.717) is 22.5 Å². The SMILES string of the molecule is Cc1ccc([N+](=O)[O-])cc1S(=O)(=O)N(C)N=Cc1cnc2ccc(-c3ccc(F)nc3)cn12. The van der Waals surface area contributed by atoms with Crippen molar-refractivity contribution in [3.8, 4) is 11.1 Å². The first-order valence-corrected chi connectivity index (χ1v) is 11.0. The summed E-state index contributed by atoms with van der Waals surface area (Å²) in [7, 11) is -2.89. The molecule has 0 amide bonds. The Bertz CT molecular complexity index is 1500. The lowest BCUT2D eigenvalue weighted by atomic mass is 10.1. The van der Waals surface area contributed by atoms with Crippen LogP contribution in [-0.4, -0.2) is 45.4 Å². The molecule has 12 heteroatoms. The molecule has 4 aromatic rings. The Morgan fingerprint density at radius 2 is 1.88 bits per heavy atom. The van der Waals surface area contributed by atoms with Crippen LogP contribution in [0.15, 0.2) is 71.1 Å². The third-order valence-electron chi connectivity index (χ3n) is 4.96. The molecular formula is C21H17FN6O4S. The Hall–Kier alpha value is -4.19. The third-order valence-corrected chi connectivity index (χ3v) is 6.74. The molecule has 0 radical (unpaired) electrons. The summed E-state index contributed by atoms with van der Waals surface area (Å²) in [5, 5.41) is 15.1. The lowest BCUT2D eigenvalue weighted by Crippen LogP contribution is -2.23. The van der Waals surface area contributed by atoms with Gasteiger partial charge in [0.05, 0.1) is 27.9 Å². The smallest absolute Gasteiger partial charge is 0.279 e. The van der Waals surface area contributed by atoms with Gasteiger partial charge in [-0.2, -0.15) is 22.3 Å². The van der Waals surface area contributed by atoms with Crippen molar-refractivity contribution in [1.82, 2.24) is 18.8 Å². The molecule has 0 saturated carbocycles. The Morgan fingerprint density at radius 1 is 1.12 bits per heavy atom. The quantitative estimate of drug-likeness (QED) is 0.185. The van der Waals surface area contributed by atoms with Gasteiger partial charge in [0.25, 0.3) is 15.7 Å². The van der Waals surface area contributed by atoms with Crippen LogP contribution in [0, 0.1) is 23.0 Å². The molecule has 33 heavy (non-hydrogen) atoms. The molecule has 0 aliphatic carbocycles. The van der Waals surface area contributed by atoms with Gasteiger partial charge >= 0.3 is 0 Å². The highest BCUT2D eigenvalue weighted by molar-refractivity contribution is 7.89. The first kappa shape index (κ1) is 22.0. The van der Waals surface area contributed by atoms with Crippen molar-refractivity contribution < 1.29 is 17.7 Å². The maximum absolute atomic E-state index is 13.1. The number of sulfonamides is 1. The molecule has 0 bridgehead atoms. The average molecular weight is 468 g/mol. The summed E-state index contributed by atoms with van der Waals surface area (Å²) in [5.74, 6) is -0.585. The molecule has 0 saturated heterocycles. The Balaban J connectivity index is 1.66. The number of hydrazone groups is 1. The maximum atomic E-state index is 13.1. The number of hydrogen-bond acceptors (Lipinski definition) is 7. The predicted molar refractivity (Wildman–Crippen MR) is 119 cm³/mol. The lowest BCUT2D eigenvalue weighted by Gasteiger charge is -2.15. The number of nitro benzene ring substituents is 1. The third kappa shape index (κ3) is 4.28. The van der Waals surface area contributed by atoms with Gasteiger partial charge in [0.1, 0.15) is 5.65 Å². The van der Waals surface area contributed by atoms with E-state index in [1.807, 2.05) is 0 Å². The zero-order valence-electron chi connectivity index (χ0n) is 17.5. The summed E-state index contributed by atoms with van der Waals surface area (Å²) >= 11 is 0. The molecule has 3 aromatic heterocycles. The molecule has 1 aromatic carbocycles. The molecule has 0 N–H and O–H groups in total. The normalized spacial score (nSPS) is 11.8. The molecule has 0 fully saturated rings. The van der Waals surface area contributed by atoms with Crippen LogP contribution in [0.25, 0.3) is 16.8 Å². The first-order valence-electron chi connectivity index (χ1n) is 9.54. The summed E-state index contributed by atoms with van der Waals surface area (Å²) in [4.78, 5) is 18.1. The number of pyridine rings is 2. The molecule has 0 unspecified atom stereocenters. The molecule has 10 nitrogen and oxygen atoms in total. The van der Waals surface area contributed by atoms with Gasteiger partial charge in [0.2, 0.25) is 5.95 Å². The van der Waals surface area contributed by atoms with Crippen LogP contribution in [0.3, 0.4) is 0 Å². The number of hydrogen-bond donors (Lipinski definition) is 0. The molecule has 0 aliphatic heterocycles. The molecule has 168 valence electrons. The van der Waals surface area contributed by atoms with Crippen molar-refractivity contribution in [1.29, 1.82) is 0 Å². The number of fused-ring (bicyclic) bond motifs is 1. The van der Waals surface area contributed by atoms with Crippen molar-refractivity contribution >= 4 is 27.6 Å². The van der Waals surface area contributed by atoms with Crippen LogP contribution >= 0.6 is 0 Å². The minimum atomic E-state index is -4.13. The highest BCUT2D eigenvalue weighted by atomic mass is 32.2. The monoisotopic (exact) mass is 468 g/mol. The number of imidazole rings is 1. The van der Waals surface area contributed by atoms with Crippen LogP contribution in [-0.2, 0) is 10.0 Å². The minimum Gasteiger partial charge on any atom is -0.298 e. The summed E-state index contributed by atoms with van der Waals surface area (Å²) in [6, 6.07) is 10.0. The number of rotatable bonds is 6. The fraction of sp³-hybridized carbons (Fsp3) is 0.0952. The number of nitrogens with zero attached hydrogens (tertiary/aromatic N) is 6. The molecular weight excluding hydrogens is 451 g/mol. The van der Waals surface area contributed by atoms with E-state index in [-0.39, 0.29) is 10.6 Å². The van der Waals surface area contributed by atoms with Gasteiger partial charge in [-0.1, -0.05) is 6.07 Å². The molecule has 0 aliphatic rings. The zero-order valence-corrected chi connectivity index (χ0v) is 18.3. The van der Waals surface area contributed by atoms with E-state index in [9.17, 15) is 22.9 Å². The van der Waals surface area contributed by atoms with E-state index < -0.39 is 20.9 Å². The Morgan fingerprint density at radius 3 is 2.58 bits per heavy atom. The topological polar surface area (TPSA) is 123 Å². The second-order valence-corrected chi connectivity index (χ2v) is 9.01. The second-order valence-electron chi connectivity index (χ2n) is 7.09. The van der Waals surface area contributed by atoms with Gasteiger partial charge in [0.15, 0.2) is 0 Å². The van der Waals surface area contributed by atoms with Crippen LogP contribution in [0.2, 0.25) is 0 Å². The van der Waals surface area contributed by atoms with Crippen LogP contribution in [0.5, 0.6) is 0 Å². The molecule has 3 heterocycles. The summed E-state index contributed by atoms with van der Waals surface area (Å²) in [6.45, 7) is 1.55. The van der Waals surface area contributed by atoms with E-state index in [0.717, 1.165) is 16.0 Å². The minimum absolute atomic E-state index is 0.208. The maximum Gasteiger partial charge on any atom is 0.279 e. The average Bonchev–Trinajstić information content (AvgIpc) is 3.20. The largest absolute Gasteiger partial charge is 0.298 e. The zero-order chi connectivity index (χ0) is 23.8. The summed E-state index contributed by atoms with van der Waals surface area (Å²) in [6.07, 6.45) is 5.99. The van der Waals surface area contributed by atoms with E-state index in [1.165, 1.54) is 43.9 Å². The van der Waals surface area contributed by atoms with Crippen molar-refractivity contribution in [2.24, 2.45) is 5.10 Å². The number of aromatic nitrogens is 3. The van der Waals surface area contributed by atoms with Crippen molar-refractivity contribution in [3.05, 3.63) is 88.4 Å². The van der Waals surface area contributed by atoms with Gasteiger partial charge in [-0.05, 0) is 36.8 Å². The van der Waals surface area contributed by atoms with Crippen molar-refractivity contribution in [2.75, 3.05) is 7.05 Å². The molecule has 0 spiro atoms. The van der Waals surface area contributed by atoms with Gasteiger partial charge in [-0.15, -0.1) is 0 Å². The van der Waals surface area contributed by atoms with Crippen LogP contribution < -0.4 is 0 Å².